The number of thiazole rings is 1. The lowest BCUT2D eigenvalue weighted by atomic mass is 10.1. The number of nitrogens with zero attached hydrogens (tertiary/aromatic N) is 3. The highest BCUT2D eigenvalue weighted by Crippen LogP contribution is 2.28. The summed E-state index contributed by atoms with van der Waals surface area (Å²) >= 11 is 1.59. The van der Waals surface area contributed by atoms with Crippen molar-refractivity contribution >= 4 is 22.2 Å². The second kappa shape index (κ2) is 5.77. The van der Waals surface area contributed by atoms with Crippen LogP contribution >= 0.6 is 11.3 Å². The molecule has 4 rings (SSSR count). The van der Waals surface area contributed by atoms with Crippen molar-refractivity contribution in [3.63, 3.8) is 0 Å². The lowest BCUT2D eigenvalue weighted by Crippen LogP contribution is -2.27. The Morgan fingerprint density at radius 3 is 3.00 bits per heavy atom. The van der Waals surface area contributed by atoms with Gasteiger partial charge in [-0.05, 0) is 25.3 Å². The number of amides is 1. The fourth-order valence-electron chi connectivity index (χ4n) is 2.64. The van der Waals surface area contributed by atoms with Crippen molar-refractivity contribution in [1.82, 2.24) is 19.9 Å². The molecular formula is C17H18N4OS. The van der Waals surface area contributed by atoms with Gasteiger partial charge in [0.2, 0.25) is 10.9 Å². The lowest BCUT2D eigenvalue weighted by molar-refractivity contribution is -0.122. The smallest absolute Gasteiger partial charge is 0.223 e. The molecule has 1 amide bonds. The minimum Gasteiger partial charge on any atom is -0.355 e. The zero-order chi connectivity index (χ0) is 15.8. The molecule has 0 spiro atoms. The van der Waals surface area contributed by atoms with Crippen molar-refractivity contribution in [2.24, 2.45) is 5.92 Å². The third-order valence-electron chi connectivity index (χ3n) is 4.16. The van der Waals surface area contributed by atoms with Crippen molar-refractivity contribution in [2.45, 2.75) is 26.2 Å². The summed E-state index contributed by atoms with van der Waals surface area (Å²) in [5.74, 6) is 1.21. The summed E-state index contributed by atoms with van der Waals surface area (Å²) in [7, 11) is 0. The van der Waals surface area contributed by atoms with Crippen LogP contribution in [0.5, 0.6) is 0 Å². The third kappa shape index (κ3) is 2.86. The minimum atomic E-state index is 0.190. The summed E-state index contributed by atoms with van der Waals surface area (Å²) in [6.07, 6.45) is 2.85. The zero-order valence-electron chi connectivity index (χ0n) is 13.0. The zero-order valence-corrected chi connectivity index (χ0v) is 13.8. The van der Waals surface area contributed by atoms with Crippen LogP contribution < -0.4 is 5.32 Å². The Balaban J connectivity index is 1.52. The predicted molar refractivity (Wildman–Crippen MR) is 90.5 cm³/mol. The molecular weight excluding hydrogens is 308 g/mol. The van der Waals surface area contributed by atoms with Crippen LogP contribution in [0.1, 0.15) is 24.1 Å². The quantitative estimate of drug-likeness (QED) is 0.784. The number of hydrogen-bond donors (Lipinski definition) is 1. The number of aryl methyl sites for hydroxylation is 1. The second-order valence-corrected chi connectivity index (χ2v) is 6.82. The van der Waals surface area contributed by atoms with Gasteiger partial charge in [-0.2, -0.15) is 4.98 Å². The molecule has 0 atom stereocenters. The first-order valence-electron chi connectivity index (χ1n) is 7.89. The van der Waals surface area contributed by atoms with Gasteiger partial charge in [0.1, 0.15) is 0 Å². The van der Waals surface area contributed by atoms with Gasteiger partial charge in [-0.15, -0.1) is 16.4 Å². The van der Waals surface area contributed by atoms with Crippen molar-refractivity contribution < 1.29 is 4.79 Å². The van der Waals surface area contributed by atoms with Crippen LogP contribution in [0.4, 0.5) is 0 Å². The van der Waals surface area contributed by atoms with Gasteiger partial charge < -0.3 is 5.32 Å². The Morgan fingerprint density at radius 1 is 1.39 bits per heavy atom. The number of nitrogens with one attached hydrogen (secondary N) is 1. The molecule has 1 aliphatic carbocycles. The highest BCUT2D eigenvalue weighted by Gasteiger charge is 2.29. The van der Waals surface area contributed by atoms with E-state index in [9.17, 15) is 4.79 Å². The average molecular weight is 326 g/mol. The van der Waals surface area contributed by atoms with Crippen LogP contribution in [0.25, 0.3) is 16.3 Å². The molecule has 23 heavy (non-hydrogen) atoms. The maximum absolute atomic E-state index is 11.7. The van der Waals surface area contributed by atoms with E-state index in [-0.39, 0.29) is 11.8 Å². The van der Waals surface area contributed by atoms with Gasteiger partial charge in [-0.3, -0.25) is 4.79 Å². The van der Waals surface area contributed by atoms with Crippen LogP contribution in [0, 0.1) is 12.8 Å². The van der Waals surface area contributed by atoms with Crippen LogP contribution in [-0.2, 0) is 11.2 Å². The van der Waals surface area contributed by atoms with E-state index in [0.29, 0.717) is 6.54 Å². The number of carbonyl (C=O) groups is 1. The molecule has 1 aliphatic rings. The highest BCUT2D eigenvalue weighted by atomic mass is 32.1. The minimum absolute atomic E-state index is 0.190. The van der Waals surface area contributed by atoms with Crippen molar-refractivity contribution in [1.29, 1.82) is 0 Å². The number of aromatic nitrogens is 3. The van der Waals surface area contributed by atoms with Gasteiger partial charge >= 0.3 is 0 Å². The molecule has 0 saturated heterocycles. The third-order valence-corrected chi connectivity index (χ3v) is 5.03. The van der Waals surface area contributed by atoms with E-state index in [4.69, 9.17) is 0 Å². The molecule has 2 aromatic heterocycles. The normalized spacial score (nSPS) is 14.3. The van der Waals surface area contributed by atoms with Gasteiger partial charge in [0, 0.05) is 29.8 Å². The van der Waals surface area contributed by atoms with Gasteiger partial charge in [-0.1, -0.05) is 24.3 Å². The number of rotatable bonds is 5. The summed E-state index contributed by atoms with van der Waals surface area (Å²) in [6, 6.07) is 8.14. The Kier molecular flexibility index (Phi) is 3.61. The first-order chi connectivity index (χ1) is 11.2. The number of benzene rings is 1. The van der Waals surface area contributed by atoms with E-state index in [1.807, 2.05) is 22.7 Å². The fourth-order valence-corrected chi connectivity index (χ4v) is 3.49. The molecule has 2 heterocycles. The molecule has 3 aromatic rings. The second-order valence-electron chi connectivity index (χ2n) is 5.99. The van der Waals surface area contributed by atoms with Gasteiger partial charge in [0.05, 0.1) is 5.69 Å². The van der Waals surface area contributed by atoms with Gasteiger partial charge in [0.25, 0.3) is 0 Å². The Morgan fingerprint density at radius 2 is 2.22 bits per heavy atom. The van der Waals surface area contributed by atoms with E-state index in [0.717, 1.165) is 41.3 Å². The highest BCUT2D eigenvalue weighted by molar-refractivity contribution is 7.15. The summed E-state index contributed by atoms with van der Waals surface area (Å²) in [5, 5.41) is 9.72. The average Bonchev–Trinajstić information content (AvgIpc) is 3.21. The summed E-state index contributed by atoms with van der Waals surface area (Å²) in [5.41, 5.74) is 3.33. The van der Waals surface area contributed by atoms with Crippen LogP contribution in [0.15, 0.2) is 29.6 Å². The molecule has 5 nitrogen and oxygen atoms in total. The topological polar surface area (TPSA) is 59.3 Å². The standard InChI is InChI=1S/C17H18N4OS/c1-11-4-2-3-5-14(11)15-19-17-21(20-15)13(10-23-17)8-9-18-16(22)12-6-7-12/h2-5,10,12H,6-9H2,1H3,(H,18,22). The number of hydrogen-bond acceptors (Lipinski definition) is 4. The monoisotopic (exact) mass is 326 g/mol. The maximum Gasteiger partial charge on any atom is 0.223 e. The van der Waals surface area contributed by atoms with E-state index < -0.39 is 0 Å². The molecule has 1 aromatic carbocycles. The maximum atomic E-state index is 11.7. The SMILES string of the molecule is Cc1ccccc1-c1nc2scc(CCNC(=O)C3CC3)n2n1. The van der Waals surface area contributed by atoms with E-state index in [1.54, 1.807) is 11.3 Å². The van der Waals surface area contributed by atoms with Crippen molar-refractivity contribution in [3.8, 4) is 11.4 Å². The summed E-state index contributed by atoms with van der Waals surface area (Å²) in [4.78, 5) is 17.2. The van der Waals surface area contributed by atoms with Crippen LogP contribution in [-0.4, -0.2) is 27.0 Å². The Bertz CT molecular complexity index is 862. The van der Waals surface area contributed by atoms with E-state index in [1.165, 1.54) is 5.56 Å². The van der Waals surface area contributed by atoms with Crippen LogP contribution in [0.2, 0.25) is 0 Å². The van der Waals surface area contributed by atoms with Crippen molar-refractivity contribution in [2.75, 3.05) is 6.54 Å². The van der Waals surface area contributed by atoms with E-state index in [2.05, 4.69) is 33.8 Å². The van der Waals surface area contributed by atoms with Gasteiger partial charge in [0.15, 0.2) is 5.82 Å². The molecule has 1 fully saturated rings. The fraction of sp³-hybridized carbons (Fsp3) is 0.353. The lowest BCUT2D eigenvalue weighted by Gasteiger charge is -2.03. The number of fused-ring (bicyclic) bond motifs is 1. The number of carbonyl (C=O) groups excluding carboxylic acids is 1. The largest absolute Gasteiger partial charge is 0.355 e. The molecule has 0 radical (unpaired) electrons. The molecule has 0 unspecified atom stereocenters. The first-order valence-corrected chi connectivity index (χ1v) is 8.77. The Hall–Kier alpha value is -2.21. The molecule has 1 N–H and O–H groups in total. The summed E-state index contributed by atoms with van der Waals surface area (Å²) < 4.78 is 1.90. The molecule has 0 aliphatic heterocycles. The van der Waals surface area contributed by atoms with E-state index >= 15 is 0 Å². The molecule has 118 valence electrons. The molecule has 6 heteroatoms. The summed E-state index contributed by atoms with van der Waals surface area (Å²) in [6.45, 7) is 2.72. The van der Waals surface area contributed by atoms with Crippen LogP contribution in [0.3, 0.4) is 0 Å². The molecule has 0 bridgehead atoms. The molecule has 1 saturated carbocycles. The first kappa shape index (κ1) is 14.4. The predicted octanol–water partition coefficient (Wildman–Crippen LogP) is 2.83. The Labute approximate surface area is 138 Å². The van der Waals surface area contributed by atoms with Gasteiger partial charge in [-0.25, -0.2) is 4.52 Å². The van der Waals surface area contributed by atoms with Crippen molar-refractivity contribution in [3.05, 3.63) is 40.9 Å².